The van der Waals surface area contributed by atoms with Gasteiger partial charge < -0.3 is 9.80 Å². The molecule has 3 aliphatic rings. The molecule has 1 aromatic rings. The van der Waals surface area contributed by atoms with Crippen molar-refractivity contribution in [1.82, 2.24) is 9.80 Å². The van der Waals surface area contributed by atoms with Crippen molar-refractivity contribution in [2.24, 2.45) is 5.92 Å². The zero-order valence-corrected chi connectivity index (χ0v) is 14.0. The molecule has 1 saturated carbocycles. The van der Waals surface area contributed by atoms with Crippen molar-refractivity contribution in [3.8, 4) is 0 Å². The summed E-state index contributed by atoms with van der Waals surface area (Å²) in [4.78, 5) is 29.1. The summed E-state index contributed by atoms with van der Waals surface area (Å²) in [6.07, 6.45) is 4.60. The molecule has 2 atom stereocenters. The summed E-state index contributed by atoms with van der Waals surface area (Å²) in [5.41, 5.74) is 1.27. The zero-order chi connectivity index (χ0) is 16.8. The van der Waals surface area contributed by atoms with E-state index in [2.05, 4.69) is 4.90 Å². The van der Waals surface area contributed by atoms with Crippen LogP contribution in [0.5, 0.6) is 0 Å². The molecule has 0 aromatic heterocycles. The van der Waals surface area contributed by atoms with Crippen LogP contribution in [0.1, 0.15) is 48.0 Å². The number of carbonyl (C=O) groups is 2. The van der Waals surface area contributed by atoms with Gasteiger partial charge in [0.1, 0.15) is 5.82 Å². The van der Waals surface area contributed by atoms with Gasteiger partial charge in [0.2, 0.25) is 5.91 Å². The van der Waals surface area contributed by atoms with E-state index in [0.717, 1.165) is 25.7 Å². The normalized spacial score (nSPS) is 27.2. The highest BCUT2D eigenvalue weighted by molar-refractivity contribution is 5.95. The average molecular weight is 330 g/mol. The third-order valence-corrected chi connectivity index (χ3v) is 5.71. The Bertz CT molecular complexity index is 686. The maximum Gasteiger partial charge on any atom is 0.254 e. The van der Waals surface area contributed by atoms with Crippen LogP contribution in [0.3, 0.4) is 0 Å². The van der Waals surface area contributed by atoms with Crippen molar-refractivity contribution in [2.75, 3.05) is 13.1 Å². The largest absolute Gasteiger partial charge is 0.338 e. The minimum absolute atomic E-state index is 0.0131. The Balaban J connectivity index is 1.50. The number of nitrogens with zero attached hydrogens (tertiary/aromatic N) is 2. The van der Waals surface area contributed by atoms with E-state index < -0.39 is 0 Å². The molecule has 3 fully saturated rings. The number of likely N-dealkylation sites (tertiary alicyclic amines) is 2. The fraction of sp³-hybridized carbons (Fsp3) is 0.579. The number of fused-ring (bicyclic) bond motifs is 1. The van der Waals surface area contributed by atoms with Crippen LogP contribution in [0.25, 0.3) is 0 Å². The maximum atomic E-state index is 13.3. The number of hydrogen-bond acceptors (Lipinski definition) is 2. The fourth-order valence-corrected chi connectivity index (χ4v) is 4.34. The molecule has 0 unspecified atom stereocenters. The summed E-state index contributed by atoms with van der Waals surface area (Å²) in [7, 11) is 0. The molecule has 4 nitrogen and oxygen atoms in total. The highest BCUT2D eigenvalue weighted by Gasteiger charge is 2.45. The minimum Gasteiger partial charge on any atom is -0.338 e. The van der Waals surface area contributed by atoms with Gasteiger partial charge in [-0.15, -0.1) is 0 Å². The first-order chi connectivity index (χ1) is 11.5. The lowest BCUT2D eigenvalue weighted by Crippen LogP contribution is -2.57. The Morgan fingerprint density at radius 1 is 1.21 bits per heavy atom. The Morgan fingerprint density at radius 3 is 2.71 bits per heavy atom. The summed E-state index contributed by atoms with van der Waals surface area (Å²) in [6.45, 7) is 3.15. The molecule has 0 N–H and O–H groups in total. The van der Waals surface area contributed by atoms with E-state index in [9.17, 15) is 14.0 Å². The Hall–Kier alpha value is -1.91. The molecule has 2 aliphatic heterocycles. The molecule has 0 radical (unpaired) electrons. The van der Waals surface area contributed by atoms with Crippen molar-refractivity contribution in [1.29, 1.82) is 0 Å². The number of rotatable bonds is 2. The SMILES string of the molecule is Cc1cc(F)ccc1C(=O)N1CC[C@H]2[C@@H](CCC(=O)N2C2CC2)C1. The topological polar surface area (TPSA) is 40.6 Å². The molecule has 1 aliphatic carbocycles. The number of benzene rings is 1. The second-order valence-corrected chi connectivity index (χ2v) is 7.40. The molecule has 128 valence electrons. The van der Waals surface area contributed by atoms with E-state index in [0.29, 0.717) is 54.5 Å². The van der Waals surface area contributed by atoms with Crippen LogP contribution in [-0.2, 0) is 4.79 Å². The highest BCUT2D eigenvalue weighted by Crippen LogP contribution is 2.39. The van der Waals surface area contributed by atoms with Crippen molar-refractivity contribution >= 4 is 11.8 Å². The monoisotopic (exact) mass is 330 g/mol. The fourth-order valence-electron chi connectivity index (χ4n) is 4.34. The average Bonchev–Trinajstić information content (AvgIpc) is 3.38. The Morgan fingerprint density at radius 2 is 2.00 bits per heavy atom. The molecule has 0 spiro atoms. The minimum atomic E-state index is -0.311. The van der Waals surface area contributed by atoms with Gasteiger partial charge in [-0.2, -0.15) is 0 Å². The molecule has 5 heteroatoms. The van der Waals surface area contributed by atoms with Gasteiger partial charge in [0, 0.05) is 37.2 Å². The Labute approximate surface area is 141 Å². The standard InChI is InChI=1S/C19H23FN2O2/c1-12-10-14(20)3-6-16(12)19(24)21-9-8-17-13(11-21)2-7-18(23)22(17)15-4-5-15/h3,6,10,13,15,17H,2,4-5,7-9,11H2,1H3/t13-,17-/m0/s1. The number of halogens is 1. The maximum absolute atomic E-state index is 13.3. The third-order valence-electron chi connectivity index (χ3n) is 5.71. The van der Waals surface area contributed by atoms with Crippen molar-refractivity contribution < 1.29 is 14.0 Å². The number of amides is 2. The van der Waals surface area contributed by atoms with Gasteiger partial charge in [-0.1, -0.05) is 0 Å². The van der Waals surface area contributed by atoms with Gasteiger partial charge in [-0.25, -0.2) is 4.39 Å². The quantitative estimate of drug-likeness (QED) is 0.836. The van der Waals surface area contributed by atoms with Crippen LogP contribution in [0, 0.1) is 18.7 Å². The van der Waals surface area contributed by atoms with Crippen LogP contribution >= 0.6 is 0 Å². The van der Waals surface area contributed by atoms with E-state index in [-0.39, 0.29) is 11.7 Å². The van der Waals surface area contributed by atoms with Crippen LogP contribution < -0.4 is 0 Å². The van der Waals surface area contributed by atoms with E-state index in [1.54, 1.807) is 13.0 Å². The molecule has 1 aromatic carbocycles. The number of aryl methyl sites for hydroxylation is 1. The first-order valence-corrected chi connectivity index (χ1v) is 8.91. The van der Waals surface area contributed by atoms with E-state index in [1.807, 2.05) is 4.90 Å². The highest BCUT2D eigenvalue weighted by atomic mass is 19.1. The predicted molar refractivity (Wildman–Crippen MR) is 88.0 cm³/mol. The molecule has 2 heterocycles. The lowest BCUT2D eigenvalue weighted by Gasteiger charge is -2.47. The van der Waals surface area contributed by atoms with Crippen molar-refractivity contribution in [3.63, 3.8) is 0 Å². The summed E-state index contributed by atoms with van der Waals surface area (Å²) < 4.78 is 13.3. The first-order valence-electron chi connectivity index (χ1n) is 8.91. The van der Waals surface area contributed by atoms with E-state index in [1.165, 1.54) is 12.1 Å². The van der Waals surface area contributed by atoms with Gasteiger partial charge in [-0.05, 0) is 62.3 Å². The summed E-state index contributed by atoms with van der Waals surface area (Å²) in [5, 5.41) is 0. The van der Waals surface area contributed by atoms with Gasteiger partial charge in [0.25, 0.3) is 5.91 Å². The summed E-state index contributed by atoms with van der Waals surface area (Å²) >= 11 is 0. The molecular weight excluding hydrogens is 307 g/mol. The van der Waals surface area contributed by atoms with Crippen LogP contribution in [-0.4, -0.2) is 46.8 Å². The lowest BCUT2D eigenvalue weighted by molar-refractivity contribution is -0.141. The van der Waals surface area contributed by atoms with Crippen LogP contribution in [0.2, 0.25) is 0 Å². The van der Waals surface area contributed by atoms with Gasteiger partial charge >= 0.3 is 0 Å². The van der Waals surface area contributed by atoms with Gasteiger partial charge in [0.15, 0.2) is 0 Å². The van der Waals surface area contributed by atoms with Crippen LogP contribution in [0.4, 0.5) is 4.39 Å². The van der Waals surface area contributed by atoms with Crippen molar-refractivity contribution in [3.05, 3.63) is 35.1 Å². The summed E-state index contributed by atoms with van der Waals surface area (Å²) in [5.74, 6) is 0.351. The number of piperidine rings is 2. The van der Waals surface area contributed by atoms with Crippen LogP contribution in [0.15, 0.2) is 18.2 Å². The van der Waals surface area contributed by atoms with E-state index >= 15 is 0 Å². The second kappa shape index (κ2) is 5.87. The van der Waals surface area contributed by atoms with Crippen molar-refractivity contribution in [2.45, 2.75) is 51.1 Å². The Kier molecular flexibility index (Phi) is 3.82. The molecule has 2 saturated heterocycles. The third kappa shape index (κ3) is 2.70. The molecule has 4 rings (SSSR count). The van der Waals surface area contributed by atoms with Gasteiger partial charge in [0.05, 0.1) is 0 Å². The molecule has 2 amide bonds. The second-order valence-electron chi connectivity index (χ2n) is 7.40. The number of carbonyl (C=O) groups excluding carboxylic acids is 2. The predicted octanol–water partition coefficient (Wildman–Crippen LogP) is 2.75. The molecular formula is C19H23FN2O2. The number of hydrogen-bond donors (Lipinski definition) is 0. The first kappa shape index (κ1) is 15.6. The molecule has 0 bridgehead atoms. The summed E-state index contributed by atoms with van der Waals surface area (Å²) in [6, 6.07) is 5.10. The lowest BCUT2D eigenvalue weighted by atomic mass is 9.83. The zero-order valence-electron chi connectivity index (χ0n) is 14.0. The molecule has 24 heavy (non-hydrogen) atoms. The smallest absolute Gasteiger partial charge is 0.254 e. The van der Waals surface area contributed by atoms with Gasteiger partial charge in [-0.3, -0.25) is 9.59 Å². The van der Waals surface area contributed by atoms with E-state index in [4.69, 9.17) is 0 Å².